The highest BCUT2D eigenvalue weighted by atomic mass is 16.7. The number of hydrogen-bond donors (Lipinski definition) is 5. The lowest BCUT2D eigenvalue weighted by molar-refractivity contribution is -0.485. The average molecular weight is 624 g/mol. The van der Waals surface area contributed by atoms with E-state index in [-0.39, 0.29) is 37.9 Å². The second kappa shape index (κ2) is 19.9. The van der Waals surface area contributed by atoms with E-state index in [1.165, 1.54) is 7.11 Å². The zero-order valence-corrected chi connectivity index (χ0v) is 25.3. The molecule has 0 aliphatic rings. The number of carbonyl (C=O) groups excluding carboxylic acids is 3. The minimum atomic E-state index is -1.02. The number of hydrazone groups is 1. The molecule has 0 aliphatic heterocycles. The molecule has 0 saturated carbocycles. The first-order valence-corrected chi connectivity index (χ1v) is 14.3. The number of benzene rings is 2. The van der Waals surface area contributed by atoms with Crippen LogP contribution in [0.2, 0.25) is 0 Å². The Bertz CT molecular complexity index is 1310. The van der Waals surface area contributed by atoms with Gasteiger partial charge in [-0.1, -0.05) is 61.2 Å². The SMILES string of the molecule is C=CCOCC[C@H](NC(=O)c1ccccc1)C(=C)N[C@H](Cc1ccccc1)C(=O)NC(CCCN/C(N)=N/[N+](=O)[O-])C(=O)OC. The third-order valence-corrected chi connectivity index (χ3v) is 6.47. The Morgan fingerprint density at radius 3 is 2.29 bits per heavy atom. The molecule has 0 bridgehead atoms. The minimum Gasteiger partial charge on any atom is -0.467 e. The van der Waals surface area contributed by atoms with Crippen LogP contribution < -0.4 is 27.0 Å². The number of esters is 1. The molecule has 242 valence electrons. The van der Waals surface area contributed by atoms with Crippen LogP contribution >= 0.6 is 0 Å². The number of amides is 2. The van der Waals surface area contributed by atoms with E-state index in [2.05, 4.69) is 39.5 Å². The summed E-state index contributed by atoms with van der Waals surface area (Å²) in [6, 6.07) is 15.5. The van der Waals surface area contributed by atoms with Crippen LogP contribution in [0.1, 0.15) is 35.2 Å². The summed E-state index contributed by atoms with van der Waals surface area (Å²) in [5, 5.41) is 23.9. The fourth-order valence-corrected chi connectivity index (χ4v) is 4.23. The van der Waals surface area contributed by atoms with E-state index >= 15 is 0 Å². The van der Waals surface area contributed by atoms with Crippen molar-refractivity contribution in [2.75, 3.05) is 26.9 Å². The Morgan fingerprint density at radius 1 is 1.00 bits per heavy atom. The quantitative estimate of drug-likeness (QED) is 0.0275. The molecule has 2 amide bonds. The molecule has 0 aliphatic carbocycles. The van der Waals surface area contributed by atoms with Gasteiger partial charge in [0, 0.05) is 30.8 Å². The lowest BCUT2D eigenvalue weighted by atomic mass is 10.0. The Labute approximate surface area is 262 Å². The highest BCUT2D eigenvalue weighted by molar-refractivity contribution is 5.94. The molecule has 0 saturated heterocycles. The van der Waals surface area contributed by atoms with Crippen molar-refractivity contribution in [1.82, 2.24) is 21.3 Å². The maximum absolute atomic E-state index is 13.7. The second-order valence-electron chi connectivity index (χ2n) is 9.83. The van der Waals surface area contributed by atoms with Gasteiger partial charge in [-0.25, -0.2) is 14.9 Å². The molecule has 14 nitrogen and oxygen atoms in total. The first kappa shape index (κ1) is 36.0. The van der Waals surface area contributed by atoms with Gasteiger partial charge in [0.2, 0.25) is 5.91 Å². The first-order chi connectivity index (χ1) is 21.6. The van der Waals surface area contributed by atoms with E-state index < -0.39 is 35.0 Å². The van der Waals surface area contributed by atoms with Gasteiger partial charge in [0.25, 0.3) is 11.9 Å². The van der Waals surface area contributed by atoms with E-state index in [0.717, 1.165) is 5.56 Å². The smallest absolute Gasteiger partial charge is 0.328 e. The fraction of sp³-hybridized carbons (Fsp3) is 0.355. The Hall–Kier alpha value is -5.24. The van der Waals surface area contributed by atoms with Crippen LogP contribution in [0.3, 0.4) is 0 Å². The summed E-state index contributed by atoms with van der Waals surface area (Å²) in [6.45, 7) is 8.56. The van der Waals surface area contributed by atoms with Gasteiger partial charge in [0.1, 0.15) is 17.2 Å². The van der Waals surface area contributed by atoms with Crippen molar-refractivity contribution < 1.29 is 28.9 Å². The second-order valence-corrected chi connectivity index (χ2v) is 9.83. The van der Waals surface area contributed by atoms with Gasteiger partial charge in [0.05, 0.1) is 19.8 Å². The number of hydrogen-bond acceptors (Lipinski definition) is 8. The van der Waals surface area contributed by atoms with Crippen LogP contribution in [0, 0.1) is 10.1 Å². The summed E-state index contributed by atoms with van der Waals surface area (Å²) < 4.78 is 10.4. The van der Waals surface area contributed by atoms with Crippen LogP contribution in [-0.4, -0.2) is 73.8 Å². The summed E-state index contributed by atoms with van der Waals surface area (Å²) in [4.78, 5) is 49.7. The molecule has 6 N–H and O–H groups in total. The number of nitrogens with zero attached hydrogens (tertiary/aromatic N) is 2. The van der Waals surface area contributed by atoms with Crippen LogP contribution in [0.5, 0.6) is 0 Å². The zero-order valence-electron chi connectivity index (χ0n) is 25.3. The maximum Gasteiger partial charge on any atom is 0.328 e. The van der Waals surface area contributed by atoms with Gasteiger partial charge in [-0.05, 0) is 37.0 Å². The monoisotopic (exact) mass is 623 g/mol. The third kappa shape index (κ3) is 13.7. The summed E-state index contributed by atoms with van der Waals surface area (Å²) in [5.74, 6) is -1.87. The van der Waals surface area contributed by atoms with E-state index in [1.54, 1.807) is 30.3 Å². The van der Waals surface area contributed by atoms with Crippen LogP contribution in [-0.2, 0) is 25.5 Å². The predicted molar refractivity (Wildman–Crippen MR) is 169 cm³/mol. The average Bonchev–Trinajstić information content (AvgIpc) is 3.03. The standard InChI is InChI=1S/C31H41N7O7/c1-4-19-45-20-17-25(35-28(39)24-14-9-6-10-15-24)22(2)34-27(21-23-12-7-5-8-13-23)29(40)36-26(30(41)44-3)16-11-18-33-31(32)37-38(42)43/h4-10,12-15,25-27,34H,1-2,11,16-21H2,3H3,(H,35,39)(H,36,40)(H3,32,33,37)/t25-,26?,27+/m0/s1. The molecule has 0 radical (unpaired) electrons. The predicted octanol–water partition coefficient (Wildman–Crippen LogP) is 1.63. The summed E-state index contributed by atoms with van der Waals surface area (Å²) in [7, 11) is 1.21. The van der Waals surface area contributed by atoms with Crippen LogP contribution in [0.25, 0.3) is 0 Å². The molecule has 2 aromatic rings. The molecule has 0 heterocycles. The van der Waals surface area contributed by atoms with E-state index in [9.17, 15) is 24.5 Å². The molecule has 2 rings (SSSR count). The molecule has 2 aromatic carbocycles. The molecular formula is C31H41N7O7. The first-order valence-electron chi connectivity index (χ1n) is 14.3. The summed E-state index contributed by atoms with van der Waals surface area (Å²) in [6.07, 6.45) is 2.66. The largest absolute Gasteiger partial charge is 0.467 e. The molecule has 0 fully saturated rings. The number of methoxy groups -OCH3 is 1. The van der Waals surface area contributed by atoms with Gasteiger partial charge in [-0.2, -0.15) is 0 Å². The van der Waals surface area contributed by atoms with E-state index in [0.29, 0.717) is 30.7 Å². The van der Waals surface area contributed by atoms with Crippen molar-refractivity contribution in [2.24, 2.45) is 10.8 Å². The van der Waals surface area contributed by atoms with Crippen LogP contribution in [0.15, 0.2) is 90.7 Å². The Kier molecular flexibility index (Phi) is 15.9. The van der Waals surface area contributed by atoms with Crippen molar-refractivity contribution in [2.45, 2.75) is 43.8 Å². The van der Waals surface area contributed by atoms with Crippen molar-refractivity contribution in [3.05, 3.63) is 107 Å². The Morgan fingerprint density at radius 2 is 1.67 bits per heavy atom. The lowest BCUT2D eigenvalue weighted by Gasteiger charge is -2.28. The number of nitrogens with two attached hydrogens (primary N) is 1. The third-order valence-electron chi connectivity index (χ3n) is 6.47. The molecule has 45 heavy (non-hydrogen) atoms. The lowest BCUT2D eigenvalue weighted by Crippen LogP contribution is -2.53. The van der Waals surface area contributed by atoms with Gasteiger partial charge in [0.15, 0.2) is 5.03 Å². The van der Waals surface area contributed by atoms with Gasteiger partial charge in [-0.3, -0.25) is 9.59 Å². The highest BCUT2D eigenvalue weighted by Gasteiger charge is 2.28. The molecule has 3 atom stereocenters. The van der Waals surface area contributed by atoms with Crippen molar-refractivity contribution >= 4 is 23.7 Å². The number of carbonyl (C=O) groups is 3. The number of rotatable bonds is 20. The van der Waals surface area contributed by atoms with Gasteiger partial charge in [-0.15, -0.1) is 6.58 Å². The van der Waals surface area contributed by atoms with Crippen molar-refractivity contribution in [1.29, 1.82) is 0 Å². The van der Waals surface area contributed by atoms with Gasteiger partial charge >= 0.3 is 5.97 Å². The molecule has 1 unspecified atom stereocenters. The molecule has 0 aromatic heterocycles. The molecule has 0 spiro atoms. The number of ether oxygens (including phenoxy) is 2. The Balaban J connectivity index is 2.21. The van der Waals surface area contributed by atoms with Crippen molar-refractivity contribution in [3.8, 4) is 0 Å². The normalized spacial score (nSPS) is 13.0. The topological polar surface area (TPSA) is 199 Å². The molecule has 14 heteroatoms. The van der Waals surface area contributed by atoms with Gasteiger partial charge < -0.3 is 36.5 Å². The van der Waals surface area contributed by atoms with E-state index in [1.807, 2.05) is 36.4 Å². The fourth-order valence-electron chi connectivity index (χ4n) is 4.23. The van der Waals surface area contributed by atoms with Crippen LogP contribution in [0.4, 0.5) is 0 Å². The maximum atomic E-state index is 13.7. The molecular weight excluding hydrogens is 582 g/mol. The summed E-state index contributed by atoms with van der Waals surface area (Å²) >= 11 is 0. The zero-order chi connectivity index (χ0) is 33.0. The number of guanidine groups is 1. The van der Waals surface area contributed by atoms with Crippen molar-refractivity contribution in [3.63, 3.8) is 0 Å². The number of nitrogens with one attached hydrogen (secondary N) is 4. The highest BCUT2D eigenvalue weighted by Crippen LogP contribution is 2.11. The minimum absolute atomic E-state index is 0.145. The summed E-state index contributed by atoms with van der Waals surface area (Å²) in [5.41, 5.74) is 7.11. The van der Waals surface area contributed by atoms with E-state index in [4.69, 9.17) is 15.2 Å². The number of nitro groups is 1.